The van der Waals surface area contributed by atoms with Crippen molar-refractivity contribution in [3.05, 3.63) is 173 Å². The van der Waals surface area contributed by atoms with Crippen LogP contribution in [0.2, 0.25) is 0 Å². The molecule has 0 amide bonds. The molecule has 1 saturated carbocycles. The molecular weight excluding hydrogens is 635 g/mol. The van der Waals surface area contributed by atoms with E-state index in [2.05, 4.69) is 84.2 Å². The van der Waals surface area contributed by atoms with Gasteiger partial charge in [0, 0.05) is 24.3 Å². The molecule has 2 fully saturated rings. The smallest absolute Gasteiger partial charge is 0.202 e. The minimum Gasteiger partial charge on any atom is -0.374 e. The second-order valence-electron chi connectivity index (χ2n) is 13.5. The third-order valence-electron chi connectivity index (χ3n) is 9.59. The van der Waals surface area contributed by atoms with E-state index in [1.165, 1.54) is 5.56 Å². The van der Waals surface area contributed by atoms with Gasteiger partial charge in [0.05, 0.1) is 38.0 Å². The third kappa shape index (κ3) is 8.19. The molecule has 6 aromatic rings. The maximum absolute atomic E-state index is 6.92. The van der Waals surface area contributed by atoms with E-state index in [9.17, 15) is 0 Å². The average molecular weight is 678 g/mol. The quantitative estimate of drug-likeness (QED) is 0.109. The molecule has 7 heteroatoms. The van der Waals surface area contributed by atoms with Crippen molar-refractivity contribution in [3.63, 3.8) is 0 Å². The maximum atomic E-state index is 6.92. The standard InChI is InChI=1S/C44H43N3O4/c1-5-13-32(14-6-1)27-45-43-39-24-23-37(25-40(39)46-42(47-43)36-21-22-36)41-44(49-29-34-17-9-3-10-18-34,50-30-35-19-11-4-12-20-35)26-38(51-41)31-48-28-33-15-7-2-8-16-33/h1-20,23-25,36,38,41H,21-22,26-31H2,(H,45,46,47). The van der Waals surface area contributed by atoms with E-state index in [0.29, 0.717) is 45.3 Å². The Morgan fingerprint density at radius 2 is 1.22 bits per heavy atom. The third-order valence-corrected chi connectivity index (χ3v) is 9.59. The zero-order chi connectivity index (χ0) is 34.3. The van der Waals surface area contributed by atoms with Crippen LogP contribution in [-0.2, 0) is 45.3 Å². The second-order valence-corrected chi connectivity index (χ2v) is 13.5. The predicted octanol–water partition coefficient (Wildman–Crippen LogP) is 9.30. The van der Waals surface area contributed by atoms with Crippen LogP contribution in [0.15, 0.2) is 140 Å². The molecule has 51 heavy (non-hydrogen) atoms. The van der Waals surface area contributed by atoms with E-state index in [0.717, 1.165) is 57.6 Å². The second kappa shape index (κ2) is 15.5. The lowest BCUT2D eigenvalue weighted by molar-refractivity contribution is -0.273. The lowest BCUT2D eigenvalue weighted by atomic mass is 9.97. The molecule has 0 spiro atoms. The summed E-state index contributed by atoms with van der Waals surface area (Å²) in [6.07, 6.45) is 1.95. The minimum absolute atomic E-state index is 0.253. The predicted molar refractivity (Wildman–Crippen MR) is 199 cm³/mol. The number of rotatable bonds is 15. The molecule has 1 aromatic heterocycles. The molecule has 1 saturated heterocycles. The van der Waals surface area contributed by atoms with Gasteiger partial charge in [-0.25, -0.2) is 9.97 Å². The first-order chi connectivity index (χ1) is 25.2. The fraction of sp³-hybridized carbons (Fsp3) is 0.273. The number of benzene rings is 5. The van der Waals surface area contributed by atoms with Gasteiger partial charge < -0.3 is 24.3 Å². The number of fused-ring (bicyclic) bond motifs is 1. The largest absolute Gasteiger partial charge is 0.374 e. The molecule has 0 radical (unpaired) electrons. The van der Waals surface area contributed by atoms with Gasteiger partial charge in [0.1, 0.15) is 17.7 Å². The number of hydrogen-bond donors (Lipinski definition) is 1. The zero-order valence-electron chi connectivity index (χ0n) is 28.7. The summed E-state index contributed by atoms with van der Waals surface area (Å²) in [7, 11) is 0. The van der Waals surface area contributed by atoms with Crippen LogP contribution >= 0.6 is 0 Å². The van der Waals surface area contributed by atoms with Crippen molar-refractivity contribution < 1.29 is 18.9 Å². The first-order valence-corrected chi connectivity index (χ1v) is 17.9. The summed E-state index contributed by atoms with van der Waals surface area (Å²) in [6.45, 7) is 2.35. The van der Waals surface area contributed by atoms with Crippen LogP contribution < -0.4 is 5.32 Å². The van der Waals surface area contributed by atoms with Gasteiger partial charge in [0.15, 0.2) is 0 Å². The Morgan fingerprint density at radius 3 is 1.80 bits per heavy atom. The van der Waals surface area contributed by atoms with Crippen molar-refractivity contribution in [1.82, 2.24) is 9.97 Å². The topological polar surface area (TPSA) is 74.7 Å². The summed E-state index contributed by atoms with van der Waals surface area (Å²) in [4.78, 5) is 10.1. The minimum atomic E-state index is -1.08. The Kier molecular flexibility index (Phi) is 10.1. The fourth-order valence-electron chi connectivity index (χ4n) is 6.72. The van der Waals surface area contributed by atoms with Crippen LogP contribution in [0.5, 0.6) is 0 Å². The summed E-state index contributed by atoms with van der Waals surface area (Å²) in [6, 6.07) is 47.4. The van der Waals surface area contributed by atoms with Crippen molar-refractivity contribution in [2.45, 2.75) is 69.5 Å². The van der Waals surface area contributed by atoms with Gasteiger partial charge >= 0.3 is 0 Å². The van der Waals surface area contributed by atoms with Gasteiger partial charge in [0.25, 0.3) is 0 Å². The summed E-state index contributed by atoms with van der Waals surface area (Å²) in [5.41, 5.74) is 6.28. The highest BCUT2D eigenvalue weighted by Gasteiger charge is 2.52. The molecule has 258 valence electrons. The first-order valence-electron chi connectivity index (χ1n) is 17.9. The van der Waals surface area contributed by atoms with E-state index in [-0.39, 0.29) is 6.10 Å². The Balaban J connectivity index is 1.13. The summed E-state index contributed by atoms with van der Waals surface area (Å²) >= 11 is 0. The van der Waals surface area contributed by atoms with Gasteiger partial charge in [-0.05, 0) is 52.8 Å². The number of hydrogen-bond acceptors (Lipinski definition) is 7. The Morgan fingerprint density at radius 1 is 0.647 bits per heavy atom. The number of ether oxygens (including phenoxy) is 4. The summed E-state index contributed by atoms with van der Waals surface area (Å²) in [5, 5.41) is 4.58. The molecule has 1 aliphatic heterocycles. The Hall–Kier alpha value is -4.92. The van der Waals surface area contributed by atoms with Crippen LogP contribution in [0.4, 0.5) is 5.82 Å². The van der Waals surface area contributed by atoms with Crippen molar-refractivity contribution in [1.29, 1.82) is 0 Å². The number of nitrogens with zero attached hydrogens (tertiary/aromatic N) is 2. The first kappa shape index (κ1) is 33.2. The van der Waals surface area contributed by atoms with Crippen LogP contribution in [-0.4, -0.2) is 28.5 Å². The normalized spacial score (nSPS) is 18.2. The highest BCUT2D eigenvalue weighted by molar-refractivity contribution is 5.89. The molecule has 2 heterocycles. The molecule has 2 aliphatic rings. The van der Waals surface area contributed by atoms with Crippen LogP contribution in [0.25, 0.3) is 10.9 Å². The molecule has 2 unspecified atom stereocenters. The lowest BCUT2D eigenvalue weighted by Gasteiger charge is -2.34. The molecular formula is C44H43N3O4. The maximum Gasteiger partial charge on any atom is 0.202 e. The number of anilines is 1. The van der Waals surface area contributed by atoms with Gasteiger partial charge in [-0.1, -0.05) is 127 Å². The van der Waals surface area contributed by atoms with Gasteiger partial charge in [-0.3, -0.25) is 0 Å². The van der Waals surface area contributed by atoms with E-state index in [4.69, 9.17) is 28.9 Å². The molecule has 1 aliphatic carbocycles. The Labute approximate surface area is 299 Å². The highest BCUT2D eigenvalue weighted by atomic mass is 16.7. The lowest BCUT2D eigenvalue weighted by Crippen LogP contribution is -2.39. The highest BCUT2D eigenvalue weighted by Crippen LogP contribution is 2.47. The van der Waals surface area contributed by atoms with E-state index in [1.54, 1.807) is 0 Å². The van der Waals surface area contributed by atoms with Crippen molar-refractivity contribution in [2.75, 3.05) is 11.9 Å². The Bertz CT molecular complexity index is 1960. The number of nitrogens with one attached hydrogen (secondary N) is 1. The molecule has 2 atom stereocenters. The summed E-state index contributed by atoms with van der Waals surface area (Å²) in [5.74, 6) is 1.05. The average Bonchev–Trinajstić information content (AvgIpc) is 3.98. The SMILES string of the molecule is c1ccc(CNc2nc(C3CC3)nc3cc(C4OC(COCc5ccccc5)CC4(OCc4ccccc4)OCc4ccccc4)ccc23)cc1. The fourth-order valence-corrected chi connectivity index (χ4v) is 6.72. The van der Waals surface area contributed by atoms with Crippen LogP contribution in [0.1, 0.15) is 64.9 Å². The van der Waals surface area contributed by atoms with Crippen molar-refractivity contribution in [3.8, 4) is 0 Å². The molecule has 8 rings (SSSR count). The number of aromatic nitrogens is 2. The van der Waals surface area contributed by atoms with E-state index < -0.39 is 11.9 Å². The van der Waals surface area contributed by atoms with Crippen molar-refractivity contribution in [2.24, 2.45) is 0 Å². The van der Waals surface area contributed by atoms with Gasteiger partial charge in [0.2, 0.25) is 5.79 Å². The molecule has 1 N–H and O–H groups in total. The molecule has 5 aromatic carbocycles. The van der Waals surface area contributed by atoms with Crippen LogP contribution in [0, 0.1) is 0 Å². The van der Waals surface area contributed by atoms with Crippen molar-refractivity contribution >= 4 is 16.7 Å². The zero-order valence-corrected chi connectivity index (χ0v) is 28.7. The van der Waals surface area contributed by atoms with Gasteiger partial charge in [-0.2, -0.15) is 0 Å². The van der Waals surface area contributed by atoms with E-state index in [1.807, 2.05) is 60.7 Å². The molecule has 7 nitrogen and oxygen atoms in total. The van der Waals surface area contributed by atoms with E-state index >= 15 is 0 Å². The monoisotopic (exact) mass is 677 g/mol. The van der Waals surface area contributed by atoms with Crippen LogP contribution in [0.3, 0.4) is 0 Å². The summed E-state index contributed by atoms with van der Waals surface area (Å²) < 4.78 is 27.0. The van der Waals surface area contributed by atoms with Gasteiger partial charge in [-0.15, -0.1) is 0 Å². The molecule has 0 bridgehead atoms.